The van der Waals surface area contributed by atoms with Gasteiger partial charge in [-0.25, -0.2) is 4.79 Å². The molecule has 3 aromatic rings. The maximum atomic E-state index is 12.6. The van der Waals surface area contributed by atoms with Crippen LogP contribution in [0.4, 0.5) is 0 Å². The number of allylic oxidation sites excluding steroid dienone is 1. The van der Waals surface area contributed by atoms with Crippen LogP contribution in [0.5, 0.6) is 11.5 Å². The topological polar surface area (TPSA) is 65.7 Å². The summed E-state index contributed by atoms with van der Waals surface area (Å²) in [6.45, 7) is 3.55. The lowest BCUT2D eigenvalue weighted by Crippen LogP contribution is -2.09. The van der Waals surface area contributed by atoms with E-state index in [0.717, 1.165) is 5.76 Å². The average molecular weight is 395 g/mol. The molecule has 2 aromatic carbocycles. The Hall–Kier alpha value is -3.31. The maximum Gasteiger partial charge on any atom is 0.343 e. The number of ketones is 1. The fraction of sp³-hybridized carbons (Fsp3) is 0.0909. The lowest BCUT2D eigenvalue weighted by Gasteiger charge is -2.10. The van der Waals surface area contributed by atoms with Gasteiger partial charge in [0.15, 0.2) is 5.76 Å². The highest BCUT2D eigenvalue weighted by Gasteiger charge is 2.31. The van der Waals surface area contributed by atoms with Crippen molar-refractivity contribution in [3.05, 3.63) is 87.5 Å². The Kier molecular flexibility index (Phi) is 4.53. The summed E-state index contributed by atoms with van der Waals surface area (Å²) in [7, 11) is 0. The van der Waals surface area contributed by atoms with Gasteiger partial charge in [0, 0.05) is 16.7 Å². The third kappa shape index (κ3) is 3.32. The van der Waals surface area contributed by atoms with Gasteiger partial charge >= 0.3 is 5.97 Å². The van der Waals surface area contributed by atoms with E-state index in [2.05, 4.69) is 0 Å². The third-order valence-corrected chi connectivity index (χ3v) is 4.61. The van der Waals surface area contributed by atoms with Crippen LogP contribution in [0.15, 0.2) is 58.7 Å². The molecular weight excluding hydrogens is 380 g/mol. The number of rotatable bonds is 3. The first kappa shape index (κ1) is 18.1. The minimum Gasteiger partial charge on any atom is -0.462 e. The number of Topliss-reactive ketones (excluding diaryl/α,β-unsaturated/α-hetero) is 1. The highest BCUT2D eigenvalue weighted by atomic mass is 35.5. The highest BCUT2D eigenvalue weighted by Crippen LogP contribution is 2.39. The second-order valence-electron chi connectivity index (χ2n) is 6.35. The number of halogens is 1. The first-order valence-electron chi connectivity index (χ1n) is 8.54. The molecule has 0 amide bonds. The second kappa shape index (κ2) is 7.02. The van der Waals surface area contributed by atoms with Gasteiger partial charge in [-0.2, -0.15) is 0 Å². The molecule has 0 aliphatic carbocycles. The number of aryl methyl sites for hydroxylation is 1. The van der Waals surface area contributed by atoms with Crippen LogP contribution in [0.2, 0.25) is 5.02 Å². The smallest absolute Gasteiger partial charge is 0.343 e. The zero-order valence-corrected chi connectivity index (χ0v) is 15.9. The van der Waals surface area contributed by atoms with E-state index in [4.69, 9.17) is 25.5 Å². The first-order chi connectivity index (χ1) is 13.4. The number of carbonyl (C=O) groups excluding carboxylic acids is 2. The van der Waals surface area contributed by atoms with E-state index in [-0.39, 0.29) is 11.5 Å². The van der Waals surface area contributed by atoms with Crippen molar-refractivity contribution < 1.29 is 23.5 Å². The molecule has 1 aromatic heterocycles. The second-order valence-corrected chi connectivity index (χ2v) is 6.79. The molecule has 1 aliphatic rings. The number of carbonyl (C=O) groups is 2. The summed E-state index contributed by atoms with van der Waals surface area (Å²) in [5.74, 6) is 1.35. The average Bonchev–Trinajstić information content (AvgIpc) is 3.22. The molecule has 0 unspecified atom stereocenters. The van der Waals surface area contributed by atoms with Crippen LogP contribution in [0.3, 0.4) is 0 Å². The van der Waals surface area contributed by atoms with Crippen molar-refractivity contribution in [1.29, 1.82) is 0 Å². The van der Waals surface area contributed by atoms with Gasteiger partial charge in [0.2, 0.25) is 5.78 Å². The molecule has 0 saturated carbocycles. The van der Waals surface area contributed by atoms with Gasteiger partial charge in [0.1, 0.15) is 23.0 Å². The van der Waals surface area contributed by atoms with Crippen molar-refractivity contribution in [3.8, 4) is 11.5 Å². The van der Waals surface area contributed by atoms with E-state index in [0.29, 0.717) is 39.0 Å². The van der Waals surface area contributed by atoms with Crippen LogP contribution in [-0.4, -0.2) is 11.8 Å². The van der Waals surface area contributed by atoms with E-state index >= 15 is 0 Å². The Morgan fingerprint density at radius 1 is 1.04 bits per heavy atom. The SMILES string of the molecule is Cc1ccc(/C=C2\Oc3c(ccc(OC(=O)c4ccc(Cl)cc4)c3C)C2=O)o1. The van der Waals surface area contributed by atoms with Gasteiger partial charge in [0.05, 0.1) is 11.1 Å². The molecule has 0 fully saturated rings. The molecule has 28 heavy (non-hydrogen) atoms. The zero-order chi connectivity index (χ0) is 19.8. The number of hydrogen-bond acceptors (Lipinski definition) is 5. The monoisotopic (exact) mass is 394 g/mol. The van der Waals surface area contributed by atoms with Crippen LogP contribution in [0.1, 0.15) is 37.8 Å². The zero-order valence-electron chi connectivity index (χ0n) is 15.1. The fourth-order valence-electron chi connectivity index (χ4n) is 2.88. The minimum atomic E-state index is -0.522. The molecule has 0 radical (unpaired) electrons. The molecule has 0 saturated heterocycles. The Morgan fingerprint density at radius 3 is 2.46 bits per heavy atom. The highest BCUT2D eigenvalue weighted by molar-refractivity contribution is 6.30. The number of hydrogen-bond donors (Lipinski definition) is 0. The van der Waals surface area contributed by atoms with E-state index in [1.807, 2.05) is 6.92 Å². The summed E-state index contributed by atoms with van der Waals surface area (Å²) >= 11 is 5.84. The largest absolute Gasteiger partial charge is 0.462 e. The Morgan fingerprint density at radius 2 is 1.79 bits per heavy atom. The Labute approximate surface area is 166 Å². The number of esters is 1. The van der Waals surface area contributed by atoms with Crippen LogP contribution < -0.4 is 9.47 Å². The van der Waals surface area contributed by atoms with E-state index < -0.39 is 5.97 Å². The van der Waals surface area contributed by atoms with Crippen LogP contribution in [-0.2, 0) is 0 Å². The quantitative estimate of drug-likeness (QED) is 0.338. The Balaban J connectivity index is 1.61. The maximum absolute atomic E-state index is 12.6. The van der Waals surface area contributed by atoms with E-state index in [1.165, 1.54) is 0 Å². The van der Waals surface area contributed by atoms with Crippen molar-refractivity contribution in [3.63, 3.8) is 0 Å². The fourth-order valence-corrected chi connectivity index (χ4v) is 3.01. The molecule has 0 N–H and O–H groups in total. The van der Waals surface area contributed by atoms with Crippen LogP contribution in [0, 0.1) is 13.8 Å². The van der Waals surface area contributed by atoms with Gasteiger partial charge < -0.3 is 13.9 Å². The number of benzene rings is 2. The van der Waals surface area contributed by atoms with Crippen LogP contribution in [0.25, 0.3) is 6.08 Å². The summed E-state index contributed by atoms with van der Waals surface area (Å²) in [6.07, 6.45) is 1.55. The molecule has 5 nitrogen and oxygen atoms in total. The van der Waals surface area contributed by atoms with Crippen molar-refractivity contribution in [2.45, 2.75) is 13.8 Å². The molecule has 1 aliphatic heterocycles. The Bertz CT molecular complexity index is 1120. The molecule has 6 heteroatoms. The van der Waals surface area contributed by atoms with Gasteiger partial charge in [0.25, 0.3) is 0 Å². The van der Waals surface area contributed by atoms with E-state index in [9.17, 15) is 9.59 Å². The van der Waals surface area contributed by atoms with Gasteiger partial charge in [-0.1, -0.05) is 11.6 Å². The lowest BCUT2D eigenvalue weighted by atomic mass is 10.1. The van der Waals surface area contributed by atoms with Gasteiger partial charge in [-0.05, 0) is 62.4 Å². The summed E-state index contributed by atoms with van der Waals surface area (Å²) < 4.78 is 16.7. The lowest BCUT2D eigenvalue weighted by molar-refractivity contribution is 0.0733. The minimum absolute atomic E-state index is 0.161. The molecule has 0 spiro atoms. The molecule has 2 heterocycles. The predicted octanol–water partition coefficient (Wildman–Crippen LogP) is 5.39. The number of fused-ring (bicyclic) bond motifs is 1. The number of furan rings is 1. The molecule has 0 bridgehead atoms. The van der Waals surface area contributed by atoms with Crippen molar-refractivity contribution in [2.75, 3.05) is 0 Å². The molecule has 4 rings (SSSR count). The molecule has 0 atom stereocenters. The summed E-state index contributed by atoms with van der Waals surface area (Å²) in [4.78, 5) is 24.9. The summed E-state index contributed by atoms with van der Waals surface area (Å²) in [5.41, 5.74) is 1.35. The standard InChI is InChI=1S/C22H15ClO5/c1-12-3-8-16(26-12)11-19-20(24)17-9-10-18(13(2)21(17)27-19)28-22(25)14-4-6-15(23)7-5-14/h3-11H,1-2H3/b19-11-. The summed E-state index contributed by atoms with van der Waals surface area (Å²) in [5, 5.41) is 0.531. The summed E-state index contributed by atoms with van der Waals surface area (Å²) in [6, 6.07) is 13.1. The van der Waals surface area contributed by atoms with Crippen molar-refractivity contribution >= 4 is 29.4 Å². The number of ether oxygens (including phenoxy) is 2. The van der Waals surface area contributed by atoms with Crippen molar-refractivity contribution in [1.82, 2.24) is 0 Å². The normalized spacial score (nSPS) is 14.1. The van der Waals surface area contributed by atoms with Crippen molar-refractivity contribution in [2.24, 2.45) is 0 Å². The van der Waals surface area contributed by atoms with E-state index in [1.54, 1.807) is 61.5 Å². The van der Waals surface area contributed by atoms with Gasteiger partial charge in [-0.15, -0.1) is 0 Å². The van der Waals surface area contributed by atoms with Gasteiger partial charge in [-0.3, -0.25) is 4.79 Å². The first-order valence-corrected chi connectivity index (χ1v) is 8.92. The molecular formula is C22H15ClO5. The van der Waals surface area contributed by atoms with Crippen LogP contribution >= 0.6 is 11.6 Å². The predicted molar refractivity (Wildman–Crippen MR) is 104 cm³/mol. The third-order valence-electron chi connectivity index (χ3n) is 4.35. The molecule has 140 valence electrons.